The number of aliphatic hydroxyl groups is 1. The van der Waals surface area contributed by atoms with E-state index in [-0.39, 0.29) is 18.8 Å². The summed E-state index contributed by atoms with van der Waals surface area (Å²) in [4.78, 5) is 9.83. The van der Waals surface area contributed by atoms with Gasteiger partial charge < -0.3 is 23.7 Å². The summed E-state index contributed by atoms with van der Waals surface area (Å²) in [6.07, 6.45) is 1.51. The second-order valence-corrected chi connectivity index (χ2v) is 11.5. The molecule has 5 heterocycles. The first-order valence-electron chi connectivity index (χ1n) is 12.3. The predicted octanol–water partition coefficient (Wildman–Crippen LogP) is 6.05. The predicted molar refractivity (Wildman–Crippen MR) is 142 cm³/mol. The lowest BCUT2D eigenvalue weighted by atomic mass is 9.88. The molecule has 38 heavy (non-hydrogen) atoms. The maximum absolute atomic E-state index is 13.6. The fraction of sp³-hybridized carbons (Fsp3) is 0.423. The van der Waals surface area contributed by atoms with E-state index in [4.69, 9.17) is 23.6 Å². The van der Waals surface area contributed by atoms with Gasteiger partial charge in [0.2, 0.25) is 4.96 Å². The normalized spacial score (nSPS) is 22.8. The highest BCUT2D eigenvalue weighted by atomic mass is 32.1. The van der Waals surface area contributed by atoms with Crippen LogP contribution in [-0.2, 0) is 16.9 Å². The molecule has 0 bridgehead atoms. The molecule has 6 rings (SSSR count). The van der Waals surface area contributed by atoms with Gasteiger partial charge in [-0.15, -0.1) is 11.3 Å². The van der Waals surface area contributed by atoms with Gasteiger partial charge in [0.1, 0.15) is 40.0 Å². The second-order valence-electron chi connectivity index (χ2n) is 9.69. The topological polar surface area (TPSA) is 104 Å². The number of methoxy groups -OCH3 is 1. The number of alkyl halides is 1. The van der Waals surface area contributed by atoms with Crippen LogP contribution in [0.4, 0.5) is 4.39 Å². The number of fused-ring (bicyclic) bond motifs is 2. The lowest BCUT2D eigenvalue weighted by Gasteiger charge is -2.37. The average molecular weight is 559 g/mol. The van der Waals surface area contributed by atoms with Gasteiger partial charge in [-0.25, -0.2) is 18.9 Å². The van der Waals surface area contributed by atoms with Crippen molar-refractivity contribution in [3.8, 4) is 23.0 Å². The number of thiazole rings is 1. The molecule has 200 valence electrons. The summed E-state index contributed by atoms with van der Waals surface area (Å²) >= 11 is 2.64. The minimum Gasteiger partial charge on any atom is -0.496 e. The number of benzene rings is 1. The number of aromatic nitrogens is 4. The third-order valence-electron chi connectivity index (χ3n) is 6.50. The average Bonchev–Trinajstić information content (AvgIpc) is 3.63. The lowest BCUT2D eigenvalue weighted by Crippen LogP contribution is -2.41. The van der Waals surface area contributed by atoms with Crippen LogP contribution in [0.25, 0.3) is 27.4 Å². The molecule has 0 amide bonds. The lowest BCUT2D eigenvalue weighted by molar-refractivity contribution is -0.135. The molecule has 0 spiro atoms. The number of hydrogen-bond donors (Lipinski definition) is 1. The number of ether oxygens (including phenoxy) is 3. The molecular formula is C26H27FN4O5S2. The van der Waals surface area contributed by atoms with Gasteiger partial charge in [0.15, 0.2) is 16.9 Å². The minimum absolute atomic E-state index is 0.0381. The largest absolute Gasteiger partial charge is 0.496 e. The molecule has 1 aromatic carbocycles. The van der Waals surface area contributed by atoms with Gasteiger partial charge in [0.25, 0.3) is 0 Å². The van der Waals surface area contributed by atoms with Crippen molar-refractivity contribution >= 4 is 38.6 Å². The molecule has 1 saturated heterocycles. The minimum atomic E-state index is -1.15. The number of rotatable bonds is 7. The monoisotopic (exact) mass is 558 g/mol. The van der Waals surface area contributed by atoms with Crippen LogP contribution in [0.15, 0.2) is 34.2 Å². The Morgan fingerprint density at radius 2 is 2.03 bits per heavy atom. The summed E-state index contributed by atoms with van der Waals surface area (Å²) in [7, 11) is 1.58. The molecular weight excluding hydrogens is 531 g/mol. The molecule has 1 aliphatic heterocycles. The molecule has 12 heteroatoms. The summed E-state index contributed by atoms with van der Waals surface area (Å²) in [6, 6.07) is 5.44. The first-order valence-corrected chi connectivity index (χ1v) is 14.0. The van der Waals surface area contributed by atoms with Crippen LogP contribution in [0.1, 0.15) is 55.5 Å². The number of halogens is 1. The van der Waals surface area contributed by atoms with E-state index in [1.807, 2.05) is 25.3 Å². The van der Waals surface area contributed by atoms with Gasteiger partial charge in [0.05, 0.1) is 36.6 Å². The van der Waals surface area contributed by atoms with Gasteiger partial charge >= 0.3 is 0 Å². The molecule has 1 aliphatic rings. The second kappa shape index (κ2) is 9.60. The quantitative estimate of drug-likeness (QED) is 0.257. The highest BCUT2D eigenvalue weighted by molar-refractivity contribution is 7.16. The Bertz CT molecular complexity index is 1560. The number of imidazole rings is 1. The zero-order valence-corrected chi connectivity index (χ0v) is 22.9. The van der Waals surface area contributed by atoms with Crippen LogP contribution >= 0.6 is 22.7 Å². The molecule has 4 aromatic heterocycles. The summed E-state index contributed by atoms with van der Waals surface area (Å²) in [5, 5.41) is 19.2. The smallest absolute Gasteiger partial charge is 0.212 e. The molecule has 0 saturated carbocycles. The maximum Gasteiger partial charge on any atom is 0.212 e. The Morgan fingerprint density at radius 3 is 2.74 bits per heavy atom. The Kier molecular flexibility index (Phi) is 6.37. The van der Waals surface area contributed by atoms with Gasteiger partial charge in [-0.1, -0.05) is 11.3 Å². The van der Waals surface area contributed by atoms with Crippen molar-refractivity contribution in [3.05, 3.63) is 45.5 Å². The Hall–Kier alpha value is -3.06. The molecule has 1 N–H and O–H groups in total. The summed E-state index contributed by atoms with van der Waals surface area (Å²) < 4.78 is 38.7. The third-order valence-corrected chi connectivity index (χ3v) is 8.66. The van der Waals surface area contributed by atoms with Crippen LogP contribution in [0.2, 0.25) is 0 Å². The van der Waals surface area contributed by atoms with Crippen molar-refractivity contribution in [2.24, 2.45) is 0 Å². The number of hydrogen-bond acceptors (Lipinski definition) is 10. The first-order chi connectivity index (χ1) is 18.2. The van der Waals surface area contributed by atoms with Crippen LogP contribution < -0.4 is 9.47 Å². The summed E-state index contributed by atoms with van der Waals surface area (Å²) in [5.74, 6) is 1.69. The van der Waals surface area contributed by atoms with Crippen molar-refractivity contribution in [3.63, 3.8) is 0 Å². The SMILES string of the molecule is COc1cc(OCc2csc(C3(O)CC(C)OC(C)C3)n2)c2cc(-c3cn4nc([C@H](C)F)sc4n3)oc2c1. The Balaban J connectivity index is 1.26. The van der Waals surface area contributed by atoms with Crippen LogP contribution in [-0.4, -0.2) is 44.0 Å². The molecule has 9 nitrogen and oxygen atoms in total. The number of nitrogens with zero attached hydrogens (tertiary/aromatic N) is 4. The van der Waals surface area contributed by atoms with Gasteiger partial charge in [-0.3, -0.25) is 0 Å². The summed E-state index contributed by atoms with van der Waals surface area (Å²) in [6.45, 7) is 5.60. The third kappa shape index (κ3) is 4.66. The fourth-order valence-corrected chi connectivity index (χ4v) is 6.62. The molecule has 5 aromatic rings. The Labute approximate surface area is 225 Å². The summed E-state index contributed by atoms with van der Waals surface area (Å²) in [5.41, 5.74) is 0.887. The zero-order valence-electron chi connectivity index (χ0n) is 21.3. The van der Waals surface area contributed by atoms with E-state index in [0.29, 0.717) is 56.4 Å². The van der Waals surface area contributed by atoms with E-state index in [9.17, 15) is 9.50 Å². The van der Waals surface area contributed by atoms with Gasteiger partial charge in [-0.05, 0) is 26.8 Å². The van der Waals surface area contributed by atoms with E-state index in [2.05, 4.69) is 10.1 Å². The standard InChI is InChI=1S/C26H27FN4O5S2/c1-13-8-26(32,9-14(2)35-13)24-28-16(12-37-24)11-34-20-5-17(33-4)6-21-18(20)7-22(36-21)19-10-31-25(29-19)38-23(30-31)15(3)27/h5-7,10,12-15,32H,8-9,11H2,1-4H3/t13?,14?,15-,26?/m0/s1. The van der Waals surface area contributed by atoms with Crippen LogP contribution in [0.5, 0.6) is 11.5 Å². The van der Waals surface area contributed by atoms with E-state index in [1.54, 1.807) is 30.0 Å². The maximum atomic E-state index is 13.6. The highest BCUT2D eigenvalue weighted by Crippen LogP contribution is 2.40. The van der Waals surface area contributed by atoms with E-state index >= 15 is 0 Å². The van der Waals surface area contributed by atoms with Crippen LogP contribution in [0, 0.1) is 0 Å². The van der Waals surface area contributed by atoms with Crippen molar-refractivity contribution < 1.29 is 28.1 Å². The fourth-order valence-electron chi connectivity index (χ4n) is 4.88. The van der Waals surface area contributed by atoms with E-state index in [0.717, 1.165) is 11.1 Å². The highest BCUT2D eigenvalue weighted by Gasteiger charge is 2.40. The van der Waals surface area contributed by atoms with Crippen molar-refractivity contribution in [1.29, 1.82) is 0 Å². The van der Waals surface area contributed by atoms with Crippen molar-refractivity contribution in [2.45, 2.75) is 64.2 Å². The van der Waals surface area contributed by atoms with Crippen molar-refractivity contribution in [1.82, 2.24) is 19.6 Å². The molecule has 2 unspecified atom stereocenters. The van der Waals surface area contributed by atoms with Gasteiger partial charge in [-0.2, -0.15) is 5.10 Å². The van der Waals surface area contributed by atoms with E-state index < -0.39 is 11.8 Å². The van der Waals surface area contributed by atoms with Gasteiger partial charge in [0, 0.05) is 30.4 Å². The van der Waals surface area contributed by atoms with Crippen molar-refractivity contribution in [2.75, 3.05) is 7.11 Å². The molecule has 0 radical (unpaired) electrons. The first kappa shape index (κ1) is 25.2. The van der Waals surface area contributed by atoms with Crippen LogP contribution in [0.3, 0.4) is 0 Å². The molecule has 1 fully saturated rings. The molecule has 3 atom stereocenters. The Morgan fingerprint density at radius 1 is 1.24 bits per heavy atom. The molecule has 0 aliphatic carbocycles. The van der Waals surface area contributed by atoms with E-state index in [1.165, 1.54) is 29.6 Å². The number of furan rings is 1. The zero-order chi connectivity index (χ0) is 26.6.